The van der Waals surface area contributed by atoms with Gasteiger partial charge in [0, 0.05) is 30.6 Å². The summed E-state index contributed by atoms with van der Waals surface area (Å²) in [7, 11) is 1.89. The third kappa shape index (κ3) is 3.13. The van der Waals surface area contributed by atoms with Crippen LogP contribution in [0.15, 0.2) is 18.2 Å². The highest BCUT2D eigenvalue weighted by atomic mass is 16.5. The molecule has 1 aromatic carbocycles. The van der Waals surface area contributed by atoms with Crippen molar-refractivity contribution in [2.45, 2.75) is 33.6 Å². The molecule has 5 heteroatoms. The zero-order valence-corrected chi connectivity index (χ0v) is 13.4. The van der Waals surface area contributed by atoms with Crippen molar-refractivity contribution in [2.24, 2.45) is 7.05 Å². The Kier molecular flexibility index (Phi) is 4.85. The Morgan fingerprint density at radius 2 is 2.00 bits per heavy atom. The molecule has 0 N–H and O–H groups in total. The number of carbonyl (C=O) groups is 2. The summed E-state index contributed by atoms with van der Waals surface area (Å²) < 4.78 is 12.4. The maximum absolute atomic E-state index is 12.4. The Balaban J connectivity index is 2.44. The zero-order valence-electron chi connectivity index (χ0n) is 13.4. The van der Waals surface area contributed by atoms with Crippen molar-refractivity contribution in [3.63, 3.8) is 0 Å². The van der Waals surface area contributed by atoms with E-state index in [2.05, 4.69) is 0 Å². The first kappa shape index (κ1) is 16.1. The molecule has 0 amide bonds. The third-order valence-electron chi connectivity index (χ3n) is 3.66. The van der Waals surface area contributed by atoms with Crippen LogP contribution in [0.25, 0.3) is 10.9 Å². The Morgan fingerprint density at radius 1 is 1.27 bits per heavy atom. The number of ether oxygens (including phenoxy) is 2. The van der Waals surface area contributed by atoms with E-state index in [4.69, 9.17) is 9.47 Å². The average molecular weight is 303 g/mol. The summed E-state index contributed by atoms with van der Waals surface area (Å²) in [5.41, 5.74) is 2.26. The molecule has 22 heavy (non-hydrogen) atoms. The maximum atomic E-state index is 12.4. The van der Waals surface area contributed by atoms with E-state index in [1.165, 1.54) is 6.92 Å². The van der Waals surface area contributed by atoms with Crippen LogP contribution in [0.1, 0.15) is 42.7 Å². The molecule has 0 spiro atoms. The van der Waals surface area contributed by atoms with E-state index in [9.17, 15) is 9.59 Å². The number of nitrogens with zero attached hydrogens (tertiary/aromatic N) is 1. The van der Waals surface area contributed by atoms with Gasteiger partial charge in [0.15, 0.2) is 0 Å². The van der Waals surface area contributed by atoms with Crippen LogP contribution in [0.3, 0.4) is 0 Å². The van der Waals surface area contributed by atoms with Crippen molar-refractivity contribution in [3.05, 3.63) is 29.5 Å². The van der Waals surface area contributed by atoms with Gasteiger partial charge in [-0.1, -0.05) is 13.3 Å². The predicted octanol–water partition coefficient (Wildman–Crippen LogP) is 3.37. The van der Waals surface area contributed by atoms with Crippen LogP contribution in [0.4, 0.5) is 0 Å². The van der Waals surface area contributed by atoms with Crippen molar-refractivity contribution in [1.29, 1.82) is 0 Å². The van der Waals surface area contributed by atoms with Gasteiger partial charge < -0.3 is 14.0 Å². The first-order chi connectivity index (χ1) is 10.5. The molecule has 0 radical (unpaired) electrons. The quantitative estimate of drug-likeness (QED) is 0.483. The molecule has 1 heterocycles. The monoisotopic (exact) mass is 303 g/mol. The van der Waals surface area contributed by atoms with Crippen LogP contribution in [0.5, 0.6) is 5.75 Å². The number of aromatic nitrogens is 1. The second-order valence-electron chi connectivity index (χ2n) is 5.28. The maximum Gasteiger partial charge on any atom is 0.340 e. The normalized spacial score (nSPS) is 10.7. The van der Waals surface area contributed by atoms with Crippen molar-refractivity contribution in [3.8, 4) is 5.75 Å². The number of aryl methyl sites for hydroxylation is 1. The molecule has 0 bridgehead atoms. The van der Waals surface area contributed by atoms with Gasteiger partial charge in [0.2, 0.25) is 0 Å². The summed E-state index contributed by atoms with van der Waals surface area (Å²) in [5.74, 6) is -0.302. The number of carbonyl (C=O) groups excluding carboxylic acids is 2. The highest BCUT2D eigenvalue weighted by Crippen LogP contribution is 2.29. The Hall–Kier alpha value is -2.30. The summed E-state index contributed by atoms with van der Waals surface area (Å²) in [4.78, 5) is 23.5. The van der Waals surface area contributed by atoms with Crippen LogP contribution in [-0.4, -0.2) is 23.1 Å². The largest absolute Gasteiger partial charge is 0.462 e. The highest BCUT2D eigenvalue weighted by Gasteiger charge is 2.20. The molecule has 2 rings (SSSR count). The van der Waals surface area contributed by atoms with E-state index in [0.29, 0.717) is 17.9 Å². The molecule has 0 unspecified atom stereocenters. The van der Waals surface area contributed by atoms with Crippen molar-refractivity contribution < 1.29 is 19.1 Å². The van der Waals surface area contributed by atoms with Crippen molar-refractivity contribution in [1.82, 2.24) is 4.57 Å². The van der Waals surface area contributed by atoms with E-state index in [0.717, 1.165) is 29.4 Å². The SMILES string of the molecule is CCCCOC(=O)c1c(C)n(C)c2ccc(OC(C)=O)cc12. The van der Waals surface area contributed by atoms with Gasteiger partial charge in [0.25, 0.3) is 0 Å². The van der Waals surface area contributed by atoms with Gasteiger partial charge in [-0.15, -0.1) is 0 Å². The number of unbranched alkanes of at least 4 members (excludes halogenated alkanes) is 1. The third-order valence-corrected chi connectivity index (χ3v) is 3.66. The number of hydrogen-bond donors (Lipinski definition) is 0. The van der Waals surface area contributed by atoms with Gasteiger partial charge >= 0.3 is 11.9 Å². The van der Waals surface area contributed by atoms with Gasteiger partial charge in [-0.05, 0) is 31.5 Å². The molecule has 5 nitrogen and oxygen atoms in total. The number of benzene rings is 1. The fraction of sp³-hybridized carbons (Fsp3) is 0.412. The molecule has 0 aliphatic rings. The van der Waals surface area contributed by atoms with E-state index in [1.54, 1.807) is 12.1 Å². The minimum Gasteiger partial charge on any atom is -0.462 e. The topological polar surface area (TPSA) is 57.5 Å². The lowest BCUT2D eigenvalue weighted by molar-refractivity contribution is -0.131. The molecule has 0 saturated heterocycles. The smallest absolute Gasteiger partial charge is 0.340 e. The van der Waals surface area contributed by atoms with Crippen molar-refractivity contribution in [2.75, 3.05) is 6.61 Å². The van der Waals surface area contributed by atoms with Gasteiger partial charge in [-0.25, -0.2) is 4.79 Å². The van der Waals surface area contributed by atoms with Gasteiger partial charge in [0.05, 0.1) is 12.2 Å². The number of hydrogen-bond acceptors (Lipinski definition) is 4. The van der Waals surface area contributed by atoms with Crippen LogP contribution in [0.2, 0.25) is 0 Å². The number of esters is 2. The van der Waals surface area contributed by atoms with E-state index < -0.39 is 0 Å². The zero-order chi connectivity index (χ0) is 16.3. The van der Waals surface area contributed by atoms with E-state index in [-0.39, 0.29) is 11.9 Å². The molecular formula is C17H21NO4. The summed E-state index contributed by atoms with van der Waals surface area (Å²) in [6, 6.07) is 5.26. The fourth-order valence-electron chi connectivity index (χ4n) is 2.42. The lowest BCUT2D eigenvalue weighted by Crippen LogP contribution is -2.08. The summed E-state index contributed by atoms with van der Waals surface area (Å²) in [6.45, 7) is 5.68. The van der Waals surface area contributed by atoms with Crippen LogP contribution < -0.4 is 4.74 Å². The molecular weight excluding hydrogens is 282 g/mol. The molecule has 0 aliphatic heterocycles. The molecule has 118 valence electrons. The fourth-order valence-corrected chi connectivity index (χ4v) is 2.42. The first-order valence-electron chi connectivity index (χ1n) is 7.40. The van der Waals surface area contributed by atoms with Crippen LogP contribution >= 0.6 is 0 Å². The standard InChI is InChI=1S/C17H21NO4/c1-5-6-9-21-17(20)16-11(2)18(4)15-8-7-13(10-14(15)16)22-12(3)19/h7-8,10H,5-6,9H2,1-4H3. The Labute approximate surface area is 129 Å². The van der Waals surface area contributed by atoms with Gasteiger partial charge in [-0.2, -0.15) is 0 Å². The summed E-state index contributed by atoms with van der Waals surface area (Å²) in [6.07, 6.45) is 1.81. The van der Waals surface area contributed by atoms with Gasteiger partial charge in [0.1, 0.15) is 5.75 Å². The van der Waals surface area contributed by atoms with Crippen LogP contribution in [0, 0.1) is 6.92 Å². The molecule has 2 aromatic rings. The summed E-state index contributed by atoms with van der Waals surface area (Å²) >= 11 is 0. The lowest BCUT2D eigenvalue weighted by Gasteiger charge is -2.05. The highest BCUT2D eigenvalue weighted by molar-refractivity contribution is 6.06. The average Bonchev–Trinajstić information content (AvgIpc) is 2.70. The van der Waals surface area contributed by atoms with E-state index >= 15 is 0 Å². The van der Waals surface area contributed by atoms with Gasteiger partial charge in [-0.3, -0.25) is 4.79 Å². The summed E-state index contributed by atoms with van der Waals surface area (Å²) in [5, 5.41) is 0.736. The molecule has 1 aromatic heterocycles. The minimum atomic E-state index is -0.390. The molecule has 0 saturated carbocycles. The second-order valence-corrected chi connectivity index (χ2v) is 5.28. The number of rotatable bonds is 5. The second kappa shape index (κ2) is 6.64. The molecule has 0 aliphatic carbocycles. The minimum absolute atomic E-state index is 0.337. The van der Waals surface area contributed by atoms with E-state index in [1.807, 2.05) is 31.5 Å². The lowest BCUT2D eigenvalue weighted by atomic mass is 10.1. The Bertz CT molecular complexity index is 715. The molecule has 0 atom stereocenters. The first-order valence-corrected chi connectivity index (χ1v) is 7.40. The molecule has 0 fully saturated rings. The van der Waals surface area contributed by atoms with Crippen molar-refractivity contribution >= 4 is 22.8 Å². The predicted molar refractivity (Wildman–Crippen MR) is 84.2 cm³/mol. The number of fused-ring (bicyclic) bond motifs is 1. The van der Waals surface area contributed by atoms with Crippen LogP contribution in [-0.2, 0) is 16.6 Å². The Morgan fingerprint density at radius 3 is 2.64 bits per heavy atom.